The number of carbonyl (C=O) groups excluding carboxylic acids is 2. The predicted octanol–water partition coefficient (Wildman–Crippen LogP) is 3.34. The van der Waals surface area contributed by atoms with Gasteiger partial charge in [-0.05, 0) is 37.0 Å². The topological polar surface area (TPSA) is 61.7 Å². The van der Waals surface area contributed by atoms with Gasteiger partial charge in [-0.15, -0.1) is 0 Å². The summed E-state index contributed by atoms with van der Waals surface area (Å²) in [7, 11) is 1.78. The van der Waals surface area contributed by atoms with Gasteiger partial charge in [-0.3, -0.25) is 14.6 Å². The molecule has 0 aliphatic carbocycles. The number of urea groups is 1. The largest absolute Gasteiger partial charge is 0.327 e. The van der Waals surface area contributed by atoms with Crippen molar-refractivity contribution in [1.82, 2.24) is 24.5 Å². The van der Waals surface area contributed by atoms with Crippen molar-refractivity contribution in [3.63, 3.8) is 0 Å². The first kappa shape index (κ1) is 21.4. The number of carbonyl (C=O) groups is 2. The molecule has 0 N–H and O–H groups in total. The Bertz CT molecular complexity index is 1120. The van der Waals surface area contributed by atoms with E-state index >= 15 is 0 Å². The highest BCUT2D eigenvalue weighted by Crippen LogP contribution is 2.36. The predicted molar refractivity (Wildman–Crippen MR) is 126 cm³/mol. The number of likely N-dealkylation sites (N-methyl/N-ethyl adjacent to an activating group) is 1. The lowest BCUT2D eigenvalue weighted by Crippen LogP contribution is -2.55. The van der Waals surface area contributed by atoms with Crippen molar-refractivity contribution in [1.29, 1.82) is 0 Å². The van der Waals surface area contributed by atoms with Crippen LogP contribution >= 0.6 is 0 Å². The minimum atomic E-state index is -0.710. The molecule has 1 spiro atoms. The standard InChI is InChI=1S/C26H29N5O2/c1-28-25(33)30(15-12-21-8-4-2-5-9-21)24(32)26(28)13-16-29(17-14-26)19-22-18-27-31(20-22)23-10-6-3-7-11-23/h2-11,18,20H,12-17,19H2,1H3. The lowest BCUT2D eigenvalue weighted by molar-refractivity contribution is -0.135. The molecule has 2 saturated heterocycles. The molecule has 1 aromatic heterocycles. The maximum Gasteiger partial charge on any atom is 0.327 e. The Kier molecular flexibility index (Phi) is 5.72. The first-order valence-corrected chi connectivity index (χ1v) is 11.5. The number of rotatable bonds is 6. The van der Waals surface area contributed by atoms with Gasteiger partial charge < -0.3 is 4.90 Å². The highest BCUT2D eigenvalue weighted by Gasteiger charge is 2.56. The number of amides is 3. The molecule has 7 nitrogen and oxygen atoms in total. The molecule has 0 radical (unpaired) electrons. The number of benzene rings is 2. The normalized spacial score (nSPS) is 18.5. The summed E-state index contributed by atoms with van der Waals surface area (Å²) in [4.78, 5) is 31.8. The average Bonchev–Trinajstić information content (AvgIpc) is 3.39. The smallest absolute Gasteiger partial charge is 0.312 e. The van der Waals surface area contributed by atoms with Crippen molar-refractivity contribution in [3.8, 4) is 5.69 Å². The summed E-state index contributed by atoms with van der Waals surface area (Å²) >= 11 is 0. The summed E-state index contributed by atoms with van der Waals surface area (Å²) in [6, 6.07) is 19.9. The van der Waals surface area contributed by atoms with E-state index in [-0.39, 0.29) is 11.9 Å². The van der Waals surface area contributed by atoms with Gasteiger partial charge in [0.1, 0.15) is 5.54 Å². The van der Waals surface area contributed by atoms with E-state index in [1.807, 2.05) is 71.5 Å². The molecule has 3 amide bonds. The van der Waals surface area contributed by atoms with Gasteiger partial charge in [-0.2, -0.15) is 5.10 Å². The molecule has 5 rings (SSSR count). The second kappa shape index (κ2) is 8.83. The Morgan fingerprint density at radius 1 is 0.909 bits per heavy atom. The Balaban J connectivity index is 1.21. The molecule has 2 aromatic carbocycles. The maximum absolute atomic E-state index is 13.4. The van der Waals surface area contributed by atoms with Crippen LogP contribution in [0.1, 0.15) is 24.0 Å². The fourth-order valence-corrected chi connectivity index (χ4v) is 4.98. The summed E-state index contributed by atoms with van der Waals surface area (Å²) in [6.45, 7) is 2.75. The molecule has 0 saturated carbocycles. The van der Waals surface area contributed by atoms with Crippen LogP contribution in [0.5, 0.6) is 0 Å². The van der Waals surface area contributed by atoms with E-state index in [2.05, 4.69) is 16.2 Å². The van der Waals surface area contributed by atoms with E-state index in [0.29, 0.717) is 25.8 Å². The van der Waals surface area contributed by atoms with E-state index < -0.39 is 5.54 Å². The Morgan fingerprint density at radius 2 is 1.58 bits per heavy atom. The Morgan fingerprint density at radius 3 is 2.27 bits per heavy atom. The van der Waals surface area contributed by atoms with Gasteiger partial charge in [0.25, 0.3) is 5.91 Å². The van der Waals surface area contributed by atoms with Crippen LogP contribution in [0.25, 0.3) is 5.69 Å². The molecule has 0 bridgehead atoms. The van der Waals surface area contributed by atoms with Crippen LogP contribution in [0.3, 0.4) is 0 Å². The number of nitrogens with zero attached hydrogens (tertiary/aromatic N) is 5. The third-order valence-corrected chi connectivity index (χ3v) is 7.02. The molecule has 170 valence electrons. The number of para-hydroxylation sites is 1. The van der Waals surface area contributed by atoms with Crippen LogP contribution in [-0.4, -0.2) is 68.6 Å². The third-order valence-electron chi connectivity index (χ3n) is 7.02. The van der Waals surface area contributed by atoms with Gasteiger partial charge in [-0.25, -0.2) is 9.48 Å². The number of likely N-dealkylation sites (tertiary alicyclic amines) is 1. The zero-order chi connectivity index (χ0) is 22.8. The number of imide groups is 1. The molecule has 33 heavy (non-hydrogen) atoms. The van der Waals surface area contributed by atoms with Crippen molar-refractivity contribution in [2.24, 2.45) is 0 Å². The molecular weight excluding hydrogens is 414 g/mol. The molecule has 2 fully saturated rings. The van der Waals surface area contributed by atoms with E-state index in [1.54, 1.807) is 11.9 Å². The molecule has 3 heterocycles. The van der Waals surface area contributed by atoms with Crippen molar-refractivity contribution in [2.45, 2.75) is 31.3 Å². The summed E-state index contributed by atoms with van der Waals surface area (Å²) in [5, 5.41) is 4.49. The third kappa shape index (κ3) is 4.04. The molecular formula is C26H29N5O2. The number of piperidine rings is 1. The zero-order valence-electron chi connectivity index (χ0n) is 18.9. The van der Waals surface area contributed by atoms with Crippen LogP contribution in [0.4, 0.5) is 4.79 Å². The van der Waals surface area contributed by atoms with Crippen LogP contribution in [0.15, 0.2) is 73.1 Å². The van der Waals surface area contributed by atoms with Gasteiger partial charge >= 0.3 is 6.03 Å². The fourth-order valence-electron chi connectivity index (χ4n) is 4.98. The van der Waals surface area contributed by atoms with Crippen molar-refractivity contribution >= 4 is 11.9 Å². The minimum absolute atomic E-state index is 0.0394. The van der Waals surface area contributed by atoms with E-state index in [9.17, 15) is 9.59 Å². The summed E-state index contributed by atoms with van der Waals surface area (Å²) in [5.74, 6) is -0.0394. The summed E-state index contributed by atoms with van der Waals surface area (Å²) in [6.07, 6.45) is 5.95. The minimum Gasteiger partial charge on any atom is -0.312 e. The lowest BCUT2D eigenvalue weighted by Gasteiger charge is -2.40. The second-order valence-corrected chi connectivity index (χ2v) is 8.97. The molecule has 3 aromatic rings. The van der Waals surface area contributed by atoms with Gasteiger partial charge in [0.15, 0.2) is 0 Å². The SMILES string of the molecule is CN1C(=O)N(CCc2ccccc2)C(=O)C12CCN(Cc1cnn(-c3ccccc3)c1)CC2. The second-order valence-electron chi connectivity index (χ2n) is 8.97. The molecule has 2 aliphatic heterocycles. The van der Waals surface area contributed by atoms with Crippen LogP contribution in [-0.2, 0) is 17.8 Å². The highest BCUT2D eigenvalue weighted by molar-refractivity contribution is 6.07. The first-order valence-electron chi connectivity index (χ1n) is 11.5. The monoisotopic (exact) mass is 443 g/mol. The van der Waals surface area contributed by atoms with Crippen LogP contribution < -0.4 is 0 Å². The van der Waals surface area contributed by atoms with E-state index in [1.165, 1.54) is 4.90 Å². The van der Waals surface area contributed by atoms with Crippen LogP contribution in [0, 0.1) is 0 Å². The number of hydrogen-bond acceptors (Lipinski definition) is 4. The van der Waals surface area contributed by atoms with Crippen LogP contribution in [0.2, 0.25) is 0 Å². The van der Waals surface area contributed by atoms with Crippen molar-refractivity contribution in [3.05, 3.63) is 84.2 Å². The van der Waals surface area contributed by atoms with E-state index in [4.69, 9.17) is 0 Å². The highest BCUT2D eigenvalue weighted by atomic mass is 16.2. The van der Waals surface area contributed by atoms with Gasteiger partial charge in [0, 0.05) is 45.0 Å². The molecule has 7 heteroatoms. The van der Waals surface area contributed by atoms with Gasteiger partial charge in [0.2, 0.25) is 0 Å². The fraction of sp³-hybridized carbons (Fsp3) is 0.346. The Labute approximate surface area is 194 Å². The van der Waals surface area contributed by atoms with Crippen molar-refractivity contribution in [2.75, 3.05) is 26.7 Å². The number of hydrogen-bond donors (Lipinski definition) is 0. The zero-order valence-corrected chi connectivity index (χ0v) is 18.9. The maximum atomic E-state index is 13.4. The average molecular weight is 444 g/mol. The molecule has 2 aliphatic rings. The van der Waals surface area contributed by atoms with Crippen molar-refractivity contribution < 1.29 is 9.59 Å². The Hall–Kier alpha value is -3.45. The quantitative estimate of drug-likeness (QED) is 0.548. The summed E-state index contributed by atoms with van der Waals surface area (Å²) in [5.41, 5.74) is 2.60. The van der Waals surface area contributed by atoms with Gasteiger partial charge in [-0.1, -0.05) is 48.5 Å². The molecule has 0 atom stereocenters. The van der Waals surface area contributed by atoms with Gasteiger partial charge in [0.05, 0.1) is 11.9 Å². The summed E-state index contributed by atoms with van der Waals surface area (Å²) < 4.78 is 1.89. The lowest BCUT2D eigenvalue weighted by atomic mass is 9.86. The molecule has 0 unspecified atom stereocenters. The number of aromatic nitrogens is 2. The van der Waals surface area contributed by atoms with E-state index in [0.717, 1.165) is 36.4 Å². The first-order chi connectivity index (χ1) is 16.1.